The summed E-state index contributed by atoms with van der Waals surface area (Å²) < 4.78 is 0. The maximum atomic E-state index is 2.32. The van der Waals surface area contributed by atoms with Crippen molar-refractivity contribution in [1.82, 2.24) is 0 Å². The van der Waals surface area contributed by atoms with Gasteiger partial charge in [-0.1, -0.05) is 206 Å². The molecule has 7 aromatic rings. The zero-order chi connectivity index (χ0) is 31.0. The lowest BCUT2D eigenvalue weighted by Crippen LogP contribution is -2.01. The maximum absolute atomic E-state index is 2.32. The van der Waals surface area contributed by atoms with Gasteiger partial charge in [-0.15, -0.1) is 0 Å². The van der Waals surface area contributed by atoms with Crippen molar-refractivity contribution in [3.05, 3.63) is 204 Å². The molecule has 0 atom stereocenters. The summed E-state index contributed by atoms with van der Waals surface area (Å²) in [5.41, 5.74) is 14.3. The zero-order valence-electron chi connectivity index (χ0n) is 25.6. The predicted molar refractivity (Wildman–Crippen MR) is 199 cm³/mol. The fourth-order valence-electron chi connectivity index (χ4n) is 6.23. The SMILES string of the molecule is C(=C\c1c(-c2ccccc2)c(-c2ccccc2)c(/C=C/c2ccccc2)c(-c2ccccc2)c1-c1ccccc1)/c1ccccc1. The Morgan fingerprint density at radius 3 is 0.674 bits per heavy atom. The van der Waals surface area contributed by atoms with E-state index < -0.39 is 0 Å². The van der Waals surface area contributed by atoms with Crippen LogP contribution in [0.15, 0.2) is 182 Å². The van der Waals surface area contributed by atoms with Gasteiger partial charge in [0.25, 0.3) is 0 Å². The second kappa shape index (κ2) is 13.8. The van der Waals surface area contributed by atoms with Gasteiger partial charge in [-0.2, -0.15) is 0 Å². The first kappa shape index (κ1) is 28.8. The van der Waals surface area contributed by atoms with Crippen LogP contribution in [0.5, 0.6) is 0 Å². The van der Waals surface area contributed by atoms with Gasteiger partial charge in [-0.3, -0.25) is 0 Å². The number of hydrogen-bond acceptors (Lipinski definition) is 0. The van der Waals surface area contributed by atoms with Crippen molar-refractivity contribution >= 4 is 24.3 Å². The van der Waals surface area contributed by atoms with Crippen LogP contribution in [0.3, 0.4) is 0 Å². The minimum Gasteiger partial charge on any atom is -0.0622 e. The van der Waals surface area contributed by atoms with Crippen molar-refractivity contribution in [2.75, 3.05) is 0 Å². The molecule has 0 unspecified atom stereocenters. The molecule has 218 valence electrons. The molecule has 0 aliphatic carbocycles. The van der Waals surface area contributed by atoms with Gasteiger partial charge in [-0.25, -0.2) is 0 Å². The van der Waals surface area contributed by atoms with Gasteiger partial charge >= 0.3 is 0 Å². The number of hydrogen-bond donors (Lipinski definition) is 0. The average molecular weight is 587 g/mol. The summed E-state index contributed by atoms with van der Waals surface area (Å²) in [5, 5.41) is 0. The Morgan fingerprint density at radius 2 is 0.435 bits per heavy atom. The minimum absolute atomic E-state index is 1.16. The summed E-state index contributed by atoms with van der Waals surface area (Å²) in [4.78, 5) is 0. The Balaban J connectivity index is 1.70. The number of benzene rings is 7. The normalized spacial score (nSPS) is 11.3. The molecule has 0 aliphatic rings. The van der Waals surface area contributed by atoms with Crippen LogP contribution in [-0.4, -0.2) is 0 Å². The van der Waals surface area contributed by atoms with E-state index in [9.17, 15) is 0 Å². The molecule has 0 saturated heterocycles. The number of rotatable bonds is 8. The highest BCUT2D eigenvalue weighted by Gasteiger charge is 2.25. The maximum Gasteiger partial charge on any atom is -0.00201 e. The van der Waals surface area contributed by atoms with Crippen molar-refractivity contribution in [2.45, 2.75) is 0 Å². The molecule has 0 spiro atoms. The molecular formula is C46H34. The van der Waals surface area contributed by atoms with Crippen LogP contribution < -0.4 is 0 Å². The Morgan fingerprint density at radius 1 is 0.217 bits per heavy atom. The van der Waals surface area contributed by atoms with Crippen LogP contribution in [0, 0.1) is 0 Å². The Labute approximate surface area is 272 Å². The molecule has 0 N–H and O–H groups in total. The van der Waals surface area contributed by atoms with E-state index >= 15 is 0 Å². The molecule has 0 bridgehead atoms. The monoisotopic (exact) mass is 586 g/mol. The molecule has 0 aromatic heterocycles. The lowest BCUT2D eigenvalue weighted by atomic mass is 9.77. The molecule has 0 fully saturated rings. The molecule has 0 radical (unpaired) electrons. The summed E-state index contributed by atoms with van der Waals surface area (Å²) >= 11 is 0. The van der Waals surface area contributed by atoms with E-state index in [-0.39, 0.29) is 0 Å². The van der Waals surface area contributed by atoms with Crippen LogP contribution in [0.4, 0.5) is 0 Å². The molecule has 46 heavy (non-hydrogen) atoms. The Bertz CT molecular complexity index is 1810. The molecule has 7 rings (SSSR count). The fraction of sp³-hybridized carbons (Fsp3) is 0. The minimum atomic E-state index is 1.16. The first-order valence-electron chi connectivity index (χ1n) is 15.8. The molecule has 0 nitrogen and oxygen atoms in total. The second-order valence-corrected chi connectivity index (χ2v) is 11.3. The fourth-order valence-corrected chi connectivity index (χ4v) is 6.23. The van der Waals surface area contributed by atoms with Crippen LogP contribution >= 0.6 is 0 Å². The summed E-state index contributed by atoms with van der Waals surface area (Å²) in [5.74, 6) is 0. The van der Waals surface area contributed by atoms with E-state index in [2.05, 4.69) is 206 Å². The lowest BCUT2D eigenvalue weighted by Gasteiger charge is -2.26. The van der Waals surface area contributed by atoms with Gasteiger partial charge in [-0.05, 0) is 66.8 Å². The van der Waals surface area contributed by atoms with Crippen molar-refractivity contribution in [3.8, 4) is 44.5 Å². The third-order valence-corrected chi connectivity index (χ3v) is 8.31. The third kappa shape index (κ3) is 6.15. The Kier molecular flexibility index (Phi) is 8.61. The lowest BCUT2D eigenvalue weighted by molar-refractivity contribution is 1.51. The van der Waals surface area contributed by atoms with E-state index in [1.807, 2.05) is 0 Å². The average Bonchev–Trinajstić information content (AvgIpc) is 3.14. The van der Waals surface area contributed by atoms with Gasteiger partial charge < -0.3 is 0 Å². The van der Waals surface area contributed by atoms with Gasteiger partial charge in [0.05, 0.1) is 0 Å². The van der Waals surface area contributed by atoms with E-state index in [0.29, 0.717) is 0 Å². The molecule has 0 saturated carbocycles. The first-order valence-corrected chi connectivity index (χ1v) is 15.8. The van der Waals surface area contributed by atoms with Gasteiger partial charge in [0.1, 0.15) is 0 Å². The third-order valence-electron chi connectivity index (χ3n) is 8.31. The molecular weight excluding hydrogens is 553 g/mol. The van der Waals surface area contributed by atoms with E-state index in [1.165, 1.54) is 55.6 Å². The van der Waals surface area contributed by atoms with Crippen LogP contribution in [0.25, 0.3) is 68.8 Å². The van der Waals surface area contributed by atoms with E-state index in [0.717, 1.165) is 11.1 Å². The van der Waals surface area contributed by atoms with Gasteiger partial charge in [0.15, 0.2) is 0 Å². The highest BCUT2D eigenvalue weighted by Crippen LogP contribution is 2.50. The summed E-state index contributed by atoms with van der Waals surface area (Å²) in [7, 11) is 0. The van der Waals surface area contributed by atoms with Crippen LogP contribution in [0.2, 0.25) is 0 Å². The molecule has 0 heterocycles. The molecule has 7 aromatic carbocycles. The van der Waals surface area contributed by atoms with Crippen molar-refractivity contribution in [2.24, 2.45) is 0 Å². The Hall–Kier alpha value is -5.98. The molecule has 0 heteroatoms. The molecule has 0 aliphatic heterocycles. The predicted octanol–water partition coefficient (Wildman–Crippen LogP) is 12.7. The van der Waals surface area contributed by atoms with Gasteiger partial charge in [0, 0.05) is 0 Å². The first-order chi connectivity index (χ1) is 22.9. The van der Waals surface area contributed by atoms with Crippen LogP contribution in [0.1, 0.15) is 22.3 Å². The summed E-state index contributed by atoms with van der Waals surface area (Å²) in [6.07, 6.45) is 9.14. The van der Waals surface area contributed by atoms with Crippen molar-refractivity contribution < 1.29 is 0 Å². The highest BCUT2D eigenvalue weighted by molar-refractivity contribution is 6.09. The standard InChI is InChI=1S/C46H34/c1-7-19-35(20-8-1)31-33-41-43(37-23-11-3-12-24-37)45(39-27-15-5-16-28-39)42(34-32-36-21-9-2-10-22-36)46(40-29-17-6-18-30-40)44(41)38-25-13-4-14-26-38/h1-34H/b33-31+,34-32+. The topological polar surface area (TPSA) is 0 Å². The second-order valence-electron chi connectivity index (χ2n) is 11.3. The highest BCUT2D eigenvalue weighted by atomic mass is 14.3. The largest absolute Gasteiger partial charge is 0.0622 e. The van der Waals surface area contributed by atoms with E-state index in [4.69, 9.17) is 0 Å². The van der Waals surface area contributed by atoms with Crippen molar-refractivity contribution in [3.63, 3.8) is 0 Å². The van der Waals surface area contributed by atoms with E-state index in [1.54, 1.807) is 0 Å². The summed E-state index contributed by atoms with van der Waals surface area (Å²) in [6.45, 7) is 0. The smallest absolute Gasteiger partial charge is 0.00201 e. The van der Waals surface area contributed by atoms with Crippen molar-refractivity contribution in [1.29, 1.82) is 0 Å². The quantitative estimate of drug-likeness (QED) is 0.155. The zero-order valence-corrected chi connectivity index (χ0v) is 25.6. The van der Waals surface area contributed by atoms with Crippen LogP contribution in [-0.2, 0) is 0 Å². The summed E-state index contributed by atoms with van der Waals surface area (Å²) in [6, 6.07) is 64.6. The molecule has 0 amide bonds. The van der Waals surface area contributed by atoms with Gasteiger partial charge in [0.2, 0.25) is 0 Å².